The number of benzene rings is 1. The van der Waals surface area contributed by atoms with Gasteiger partial charge >= 0.3 is 0 Å². The smallest absolute Gasteiger partial charge is 0.0950 e. The van der Waals surface area contributed by atoms with Crippen molar-refractivity contribution in [1.82, 2.24) is 5.32 Å². The first-order valence-electron chi connectivity index (χ1n) is 5.90. The first-order valence-corrected chi connectivity index (χ1v) is 7.07. The minimum atomic E-state index is 0.229. The lowest BCUT2D eigenvalue weighted by molar-refractivity contribution is 0.525. The lowest BCUT2D eigenvalue weighted by atomic mass is 10.0. The Morgan fingerprint density at radius 3 is 2.83 bits per heavy atom. The van der Waals surface area contributed by atoms with Crippen molar-refractivity contribution in [2.24, 2.45) is 0 Å². The number of halogens is 2. The Morgan fingerprint density at radius 1 is 1.39 bits per heavy atom. The van der Waals surface area contributed by atoms with Crippen molar-refractivity contribution in [2.45, 2.75) is 19.4 Å². The highest BCUT2D eigenvalue weighted by Gasteiger charge is 2.14. The van der Waals surface area contributed by atoms with Crippen molar-refractivity contribution in [3.05, 3.63) is 57.4 Å². The van der Waals surface area contributed by atoms with Crippen LogP contribution in [-0.2, 0) is 6.42 Å². The molecule has 4 heteroatoms. The average Bonchev–Trinajstić information content (AvgIpc) is 2.85. The third kappa shape index (κ3) is 3.37. The number of likely N-dealkylation sites (N-methyl/N-ethyl adjacent to an activating group) is 1. The van der Waals surface area contributed by atoms with E-state index in [4.69, 9.17) is 16.0 Å². The SMILES string of the molecule is CCNC(Cc1ccc(Br)cc1Cl)c1ccoc1. The van der Waals surface area contributed by atoms with Crippen molar-refractivity contribution >= 4 is 27.5 Å². The Balaban J connectivity index is 2.18. The maximum absolute atomic E-state index is 6.25. The van der Waals surface area contributed by atoms with E-state index in [0.29, 0.717) is 0 Å². The van der Waals surface area contributed by atoms with E-state index in [2.05, 4.69) is 34.2 Å². The molecule has 96 valence electrons. The molecule has 2 aromatic rings. The summed E-state index contributed by atoms with van der Waals surface area (Å²) in [5.74, 6) is 0. The van der Waals surface area contributed by atoms with Crippen LogP contribution in [0, 0.1) is 0 Å². The number of nitrogens with one attached hydrogen (secondary N) is 1. The van der Waals surface area contributed by atoms with Gasteiger partial charge in [-0.1, -0.05) is 40.5 Å². The Labute approximate surface area is 120 Å². The molecule has 0 amide bonds. The van der Waals surface area contributed by atoms with Crippen LogP contribution in [0.25, 0.3) is 0 Å². The standard InChI is InChI=1S/C14H15BrClNO/c1-2-17-14(11-5-6-18-9-11)7-10-3-4-12(15)8-13(10)16/h3-6,8-9,14,17H,2,7H2,1H3. The van der Waals surface area contributed by atoms with E-state index in [9.17, 15) is 0 Å². The molecule has 0 spiro atoms. The van der Waals surface area contributed by atoms with Gasteiger partial charge in [0.1, 0.15) is 0 Å². The number of hydrogen-bond acceptors (Lipinski definition) is 2. The van der Waals surface area contributed by atoms with Gasteiger partial charge in [0.15, 0.2) is 0 Å². The van der Waals surface area contributed by atoms with Gasteiger partial charge in [0.05, 0.1) is 12.5 Å². The number of rotatable bonds is 5. The molecule has 2 nitrogen and oxygen atoms in total. The molecule has 2 rings (SSSR count). The molecule has 1 aromatic carbocycles. The first-order chi connectivity index (χ1) is 8.70. The second-order valence-corrected chi connectivity index (χ2v) is 5.43. The lowest BCUT2D eigenvalue weighted by Gasteiger charge is -2.17. The third-order valence-corrected chi connectivity index (χ3v) is 3.68. The van der Waals surface area contributed by atoms with Gasteiger partial charge in [-0.05, 0) is 36.7 Å². The molecule has 0 saturated carbocycles. The Hall–Kier alpha value is -0.770. The van der Waals surface area contributed by atoms with Crippen LogP contribution < -0.4 is 5.32 Å². The molecule has 0 saturated heterocycles. The minimum Gasteiger partial charge on any atom is -0.472 e. The molecule has 1 unspecified atom stereocenters. The van der Waals surface area contributed by atoms with Crippen LogP contribution >= 0.6 is 27.5 Å². The van der Waals surface area contributed by atoms with E-state index in [1.807, 2.05) is 18.2 Å². The van der Waals surface area contributed by atoms with Crippen LogP contribution in [0.3, 0.4) is 0 Å². The van der Waals surface area contributed by atoms with E-state index in [1.54, 1.807) is 12.5 Å². The Bertz CT molecular complexity index is 499. The molecule has 1 aromatic heterocycles. The van der Waals surface area contributed by atoms with Crippen LogP contribution in [0.2, 0.25) is 5.02 Å². The molecular weight excluding hydrogens is 314 g/mol. The molecular formula is C14H15BrClNO. The molecule has 0 aliphatic heterocycles. The highest BCUT2D eigenvalue weighted by Crippen LogP contribution is 2.26. The zero-order chi connectivity index (χ0) is 13.0. The molecule has 0 aliphatic rings. The van der Waals surface area contributed by atoms with Gasteiger partial charge < -0.3 is 9.73 Å². The second-order valence-electron chi connectivity index (χ2n) is 4.11. The fraction of sp³-hybridized carbons (Fsp3) is 0.286. The monoisotopic (exact) mass is 327 g/mol. The summed E-state index contributed by atoms with van der Waals surface area (Å²) in [6.45, 7) is 3.00. The minimum absolute atomic E-state index is 0.229. The highest BCUT2D eigenvalue weighted by atomic mass is 79.9. The summed E-state index contributed by atoms with van der Waals surface area (Å²) in [4.78, 5) is 0. The van der Waals surface area contributed by atoms with E-state index in [-0.39, 0.29) is 6.04 Å². The van der Waals surface area contributed by atoms with Crippen molar-refractivity contribution in [3.63, 3.8) is 0 Å². The van der Waals surface area contributed by atoms with Crippen molar-refractivity contribution < 1.29 is 4.42 Å². The van der Waals surface area contributed by atoms with E-state index in [0.717, 1.165) is 33.6 Å². The molecule has 0 radical (unpaired) electrons. The Morgan fingerprint density at radius 2 is 2.22 bits per heavy atom. The summed E-state index contributed by atoms with van der Waals surface area (Å²) >= 11 is 9.67. The largest absolute Gasteiger partial charge is 0.472 e. The third-order valence-electron chi connectivity index (χ3n) is 2.84. The predicted molar refractivity (Wildman–Crippen MR) is 78.0 cm³/mol. The molecule has 0 bridgehead atoms. The summed E-state index contributed by atoms with van der Waals surface area (Å²) in [7, 11) is 0. The normalized spacial score (nSPS) is 12.6. The van der Waals surface area contributed by atoms with Crippen molar-refractivity contribution in [3.8, 4) is 0 Å². The van der Waals surface area contributed by atoms with Crippen LogP contribution in [0.5, 0.6) is 0 Å². The van der Waals surface area contributed by atoms with Crippen molar-refractivity contribution in [1.29, 1.82) is 0 Å². The summed E-state index contributed by atoms with van der Waals surface area (Å²) in [6.07, 6.45) is 4.32. The predicted octanol–water partition coefficient (Wildman–Crippen LogP) is 4.59. The van der Waals surface area contributed by atoms with Crippen LogP contribution in [0.15, 0.2) is 45.7 Å². The summed E-state index contributed by atoms with van der Waals surface area (Å²) in [6, 6.07) is 8.21. The van der Waals surface area contributed by atoms with E-state index in [1.165, 1.54) is 0 Å². The molecule has 0 aliphatic carbocycles. The molecule has 1 heterocycles. The zero-order valence-electron chi connectivity index (χ0n) is 10.1. The van der Waals surface area contributed by atoms with E-state index >= 15 is 0 Å². The van der Waals surface area contributed by atoms with Gasteiger partial charge in [-0.2, -0.15) is 0 Å². The summed E-state index contributed by atoms with van der Waals surface area (Å²) in [5, 5.41) is 4.23. The lowest BCUT2D eigenvalue weighted by Crippen LogP contribution is -2.22. The first kappa shape index (κ1) is 13.7. The van der Waals surface area contributed by atoms with E-state index < -0.39 is 0 Å². The summed E-state index contributed by atoms with van der Waals surface area (Å²) in [5.41, 5.74) is 2.28. The molecule has 1 N–H and O–H groups in total. The zero-order valence-corrected chi connectivity index (χ0v) is 12.5. The number of hydrogen-bond donors (Lipinski definition) is 1. The van der Waals surface area contributed by atoms with Gasteiger partial charge in [0.2, 0.25) is 0 Å². The molecule has 1 atom stereocenters. The fourth-order valence-electron chi connectivity index (χ4n) is 1.93. The van der Waals surface area contributed by atoms with Gasteiger partial charge in [0, 0.05) is 21.1 Å². The highest BCUT2D eigenvalue weighted by molar-refractivity contribution is 9.10. The maximum atomic E-state index is 6.25. The average molecular weight is 329 g/mol. The van der Waals surface area contributed by atoms with Gasteiger partial charge in [-0.25, -0.2) is 0 Å². The maximum Gasteiger partial charge on any atom is 0.0950 e. The van der Waals surface area contributed by atoms with Gasteiger partial charge in [-0.15, -0.1) is 0 Å². The molecule has 0 fully saturated rings. The van der Waals surface area contributed by atoms with Crippen molar-refractivity contribution in [2.75, 3.05) is 6.54 Å². The van der Waals surface area contributed by atoms with Crippen LogP contribution in [0.4, 0.5) is 0 Å². The quantitative estimate of drug-likeness (QED) is 0.868. The molecule has 18 heavy (non-hydrogen) atoms. The van der Waals surface area contributed by atoms with Crippen LogP contribution in [-0.4, -0.2) is 6.54 Å². The number of furan rings is 1. The Kier molecular flexibility index (Phi) is 4.87. The summed E-state index contributed by atoms with van der Waals surface area (Å²) < 4.78 is 6.15. The van der Waals surface area contributed by atoms with Gasteiger partial charge in [0.25, 0.3) is 0 Å². The second kappa shape index (κ2) is 6.41. The van der Waals surface area contributed by atoms with Crippen LogP contribution in [0.1, 0.15) is 24.1 Å². The van der Waals surface area contributed by atoms with Gasteiger partial charge in [-0.3, -0.25) is 0 Å². The topological polar surface area (TPSA) is 25.2 Å². The fourth-order valence-corrected chi connectivity index (χ4v) is 2.69.